The van der Waals surface area contributed by atoms with Crippen molar-refractivity contribution in [2.24, 2.45) is 0 Å². The van der Waals surface area contributed by atoms with E-state index >= 15 is 0 Å². The van der Waals surface area contributed by atoms with Crippen LogP contribution >= 0.6 is 0 Å². The molecule has 0 aliphatic heterocycles. The summed E-state index contributed by atoms with van der Waals surface area (Å²) in [7, 11) is -1.96. The highest BCUT2D eigenvalue weighted by Gasteiger charge is 2.45. The van der Waals surface area contributed by atoms with Gasteiger partial charge in [0.05, 0.1) is 12.2 Å². The monoisotopic (exact) mass is 258 g/mol. The van der Waals surface area contributed by atoms with E-state index in [0.29, 0.717) is 16.6 Å². The maximum atomic E-state index is 10.8. The van der Waals surface area contributed by atoms with Gasteiger partial charge in [-0.15, -0.1) is 0 Å². The van der Waals surface area contributed by atoms with E-state index in [1.54, 1.807) is 0 Å². The zero-order valence-electron chi connectivity index (χ0n) is 11.9. The maximum absolute atomic E-state index is 10.8. The van der Waals surface area contributed by atoms with Crippen LogP contribution < -0.4 is 0 Å². The molecular formula is C13H26O3Si. The van der Waals surface area contributed by atoms with Gasteiger partial charge in [-0.25, -0.2) is 4.79 Å². The van der Waals surface area contributed by atoms with Crippen LogP contribution in [0.25, 0.3) is 0 Å². The molecule has 0 aromatic rings. The molecule has 0 spiro atoms. The lowest BCUT2D eigenvalue weighted by Crippen LogP contribution is -2.48. The minimum absolute atomic E-state index is 0.142. The van der Waals surface area contributed by atoms with Crippen LogP contribution in [0, 0.1) is 0 Å². The Morgan fingerprint density at radius 3 is 1.71 bits per heavy atom. The third kappa shape index (κ3) is 3.68. The van der Waals surface area contributed by atoms with Crippen LogP contribution in [0.5, 0.6) is 0 Å². The molecule has 100 valence electrons. The highest BCUT2D eigenvalue weighted by Crippen LogP contribution is 2.42. The van der Waals surface area contributed by atoms with Crippen molar-refractivity contribution < 1.29 is 14.3 Å². The van der Waals surface area contributed by atoms with Gasteiger partial charge in [0, 0.05) is 0 Å². The number of hydrogen-bond donors (Lipinski definition) is 1. The van der Waals surface area contributed by atoms with Crippen LogP contribution in [0.3, 0.4) is 0 Å². The highest BCUT2D eigenvalue weighted by atomic mass is 28.4. The van der Waals surface area contributed by atoms with E-state index in [4.69, 9.17) is 9.53 Å². The summed E-state index contributed by atoms with van der Waals surface area (Å²) in [4.78, 5) is 10.8. The van der Waals surface area contributed by atoms with Crippen molar-refractivity contribution in [2.45, 2.75) is 58.2 Å². The van der Waals surface area contributed by atoms with Crippen LogP contribution in [-0.2, 0) is 9.22 Å². The van der Waals surface area contributed by atoms with Crippen molar-refractivity contribution in [1.82, 2.24) is 0 Å². The van der Waals surface area contributed by atoms with Crippen molar-refractivity contribution in [3.63, 3.8) is 0 Å². The topological polar surface area (TPSA) is 46.5 Å². The molecule has 0 unspecified atom stereocenters. The predicted molar refractivity (Wildman–Crippen MR) is 73.8 cm³/mol. The molecule has 0 amide bonds. The van der Waals surface area contributed by atoms with Crippen LogP contribution in [0.15, 0.2) is 12.2 Å². The molecule has 0 saturated heterocycles. The Balaban J connectivity index is 4.94. The Kier molecular flexibility index (Phi) is 6.13. The third-order valence-electron chi connectivity index (χ3n) is 3.51. The Labute approximate surface area is 106 Å². The summed E-state index contributed by atoms with van der Waals surface area (Å²) < 4.78 is 6.10. The van der Waals surface area contributed by atoms with Gasteiger partial charge in [0.2, 0.25) is 8.32 Å². The third-order valence-corrected chi connectivity index (χ3v) is 9.56. The molecule has 0 rings (SSSR count). The minimum Gasteiger partial charge on any atom is -0.478 e. The number of carboxylic acids is 1. The number of aliphatic carboxylic acids is 1. The minimum atomic E-state index is -1.96. The largest absolute Gasteiger partial charge is 0.478 e. The molecule has 17 heavy (non-hydrogen) atoms. The van der Waals surface area contributed by atoms with Crippen LogP contribution in [-0.4, -0.2) is 26.0 Å². The van der Waals surface area contributed by atoms with E-state index in [-0.39, 0.29) is 12.2 Å². The molecule has 0 aromatic carbocycles. The normalized spacial score (nSPS) is 12.5. The first-order valence-corrected chi connectivity index (χ1v) is 8.35. The van der Waals surface area contributed by atoms with Gasteiger partial charge in [-0.2, -0.15) is 0 Å². The van der Waals surface area contributed by atoms with E-state index in [9.17, 15) is 4.79 Å². The van der Waals surface area contributed by atoms with Gasteiger partial charge in [-0.3, -0.25) is 0 Å². The Hall–Kier alpha value is -0.613. The van der Waals surface area contributed by atoms with Crippen LogP contribution in [0.2, 0.25) is 16.6 Å². The molecule has 0 heterocycles. The van der Waals surface area contributed by atoms with Gasteiger partial charge in [0.1, 0.15) is 0 Å². The molecule has 0 atom stereocenters. The average molecular weight is 258 g/mol. The first kappa shape index (κ1) is 16.4. The van der Waals surface area contributed by atoms with Crippen molar-refractivity contribution in [2.75, 3.05) is 6.61 Å². The lowest BCUT2D eigenvalue weighted by molar-refractivity contribution is -0.133. The second-order valence-corrected chi connectivity index (χ2v) is 11.0. The summed E-state index contributed by atoms with van der Waals surface area (Å²) in [6.07, 6.45) is 0. The summed E-state index contributed by atoms with van der Waals surface area (Å²) in [5, 5.41) is 8.83. The molecule has 0 aliphatic rings. The second-order valence-electron chi connectivity index (χ2n) is 5.52. The van der Waals surface area contributed by atoms with Gasteiger partial charge in [-0.1, -0.05) is 48.1 Å². The van der Waals surface area contributed by atoms with Gasteiger partial charge >= 0.3 is 5.97 Å². The Morgan fingerprint density at radius 2 is 1.47 bits per heavy atom. The van der Waals surface area contributed by atoms with Crippen molar-refractivity contribution >= 4 is 14.3 Å². The zero-order chi connectivity index (χ0) is 13.8. The lowest BCUT2D eigenvalue weighted by atomic mass is 10.3. The standard InChI is InChI=1S/C13H26O3Si/c1-9(2)17(10(3)4,11(5)6)16-8-12(7)13(14)15/h9-11H,7-8H2,1-6H3,(H,14,15). The molecule has 0 saturated carbocycles. The first-order chi connectivity index (χ1) is 7.66. The SMILES string of the molecule is C=C(CO[Si](C(C)C)(C(C)C)C(C)C)C(=O)O. The van der Waals surface area contributed by atoms with E-state index in [1.165, 1.54) is 0 Å². The van der Waals surface area contributed by atoms with Crippen LogP contribution in [0.4, 0.5) is 0 Å². The first-order valence-electron chi connectivity index (χ1n) is 6.21. The lowest BCUT2D eigenvalue weighted by Gasteiger charge is -2.42. The highest BCUT2D eigenvalue weighted by molar-refractivity contribution is 6.77. The van der Waals surface area contributed by atoms with E-state index in [1.807, 2.05) is 0 Å². The molecule has 0 bridgehead atoms. The van der Waals surface area contributed by atoms with E-state index in [0.717, 1.165) is 0 Å². The zero-order valence-corrected chi connectivity index (χ0v) is 12.9. The molecule has 0 aliphatic carbocycles. The summed E-state index contributed by atoms with van der Waals surface area (Å²) in [6.45, 7) is 16.7. The summed E-state index contributed by atoms with van der Waals surface area (Å²) in [5.41, 5.74) is 1.53. The van der Waals surface area contributed by atoms with Crippen molar-refractivity contribution in [3.05, 3.63) is 12.2 Å². The van der Waals surface area contributed by atoms with E-state index < -0.39 is 14.3 Å². The van der Waals surface area contributed by atoms with Crippen molar-refractivity contribution in [1.29, 1.82) is 0 Å². The number of carbonyl (C=O) groups is 1. The van der Waals surface area contributed by atoms with Crippen molar-refractivity contribution in [3.8, 4) is 0 Å². The smallest absolute Gasteiger partial charge is 0.333 e. The molecular weight excluding hydrogens is 232 g/mol. The Bertz CT molecular complexity index is 261. The summed E-state index contributed by atoms with van der Waals surface area (Å²) in [6, 6.07) is 0. The fraction of sp³-hybridized carbons (Fsp3) is 0.769. The molecule has 3 nitrogen and oxygen atoms in total. The molecule has 1 N–H and O–H groups in total. The van der Waals surface area contributed by atoms with Gasteiger partial charge < -0.3 is 9.53 Å². The predicted octanol–water partition coefficient (Wildman–Crippen LogP) is 3.82. The number of rotatable bonds is 7. The van der Waals surface area contributed by atoms with Crippen LogP contribution in [0.1, 0.15) is 41.5 Å². The number of carboxylic acid groups (broad SMARTS) is 1. The quantitative estimate of drug-likeness (QED) is 0.558. The van der Waals surface area contributed by atoms with Gasteiger partial charge in [0.15, 0.2) is 0 Å². The fourth-order valence-electron chi connectivity index (χ4n) is 2.77. The molecule has 4 heteroatoms. The average Bonchev–Trinajstić information content (AvgIpc) is 2.16. The Morgan fingerprint density at radius 1 is 1.12 bits per heavy atom. The second kappa shape index (κ2) is 6.35. The summed E-state index contributed by atoms with van der Waals surface area (Å²) in [5.74, 6) is -0.968. The molecule has 0 radical (unpaired) electrons. The maximum Gasteiger partial charge on any atom is 0.333 e. The van der Waals surface area contributed by atoms with Gasteiger partial charge in [-0.05, 0) is 16.6 Å². The molecule has 0 fully saturated rings. The summed E-state index contributed by atoms with van der Waals surface area (Å²) >= 11 is 0. The fourth-order valence-corrected chi connectivity index (χ4v) is 8.20. The molecule has 0 aromatic heterocycles. The van der Waals surface area contributed by atoms with Gasteiger partial charge in [0.25, 0.3) is 0 Å². The number of hydrogen-bond acceptors (Lipinski definition) is 2. The van der Waals surface area contributed by atoms with E-state index in [2.05, 4.69) is 48.1 Å².